The lowest BCUT2D eigenvalue weighted by Gasteiger charge is -2.35. The number of anilines is 1. The molecule has 33 heavy (non-hydrogen) atoms. The lowest BCUT2D eigenvalue weighted by atomic mass is 10.2. The van der Waals surface area contributed by atoms with Crippen molar-refractivity contribution in [1.29, 1.82) is 0 Å². The highest BCUT2D eigenvalue weighted by Gasteiger charge is 2.26. The third-order valence-corrected chi connectivity index (χ3v) is 5.92. The molecule has 1 aliphatic heterocycles. The number of rotatable bonds is 4. The number of hydrogen-bond acceptors (Lipinski definition) is 7. The maximum Gasteiger partial charge on any atom is 0.410 e. The molecule has 1 amide bonds. The van der Waals surface area contributed by atoms with Gasteiger partial charge in [0.2, 0.25) is 0 Å². The van der Waals surface area contributed by atoms with E-state index in [1.807, 2.05) is 68.4 Å². The maximum atomic E-state index is 12.7. The second kappa shape index (κ2) is 8.53. The van der Waals surface area contributed by atoms with Crippen LogP contribution in [0.1, 0.15) is 24.3 Å². The first kappa shape index (κ1) is 20.9. The van der Waals surface area contributed by atoms with Gasteiger partial charge in [0.05, 0.1) is 18.6 Å². The largest absolute Gasteiger partial charge is 0.441 e. The highest BCUT2D eigenvalue weighted by molar-refractivity contribution is 5.69. The van der Waals surface area contributed by atoms with Gasteiger partial charge in [-0.25, -0.2) is 9.78 Å². The number of amides is 1. The highest BCUT2D eigenvalue weighted by atomic mass is 16.6. The summed E-state index contributed by atoms with van der Waals surface area (Å²) < 4.78 is 9.26. The van der Waals surface area contributed by atoms with E-state index in [4.69, 9.17) is 4.74 Å². The number of imidazole rings is 1. The summed E-state index contributed by atoms with van der Waals surface area (Å²) in [6.45, 7) is 6.28. The van der Waals surface area contributed by atoms with E-state index in [9.17, 15) is 4.79 Å². The molecule has 1 fully saturated rings. The van der Waals surface area contributed by atoms with Gasteiger partial charge in [-0.2, -0.15) is 14.7 Å². The number of pyridine rings is 1. The Morgan fingerprint density at radius 1 is 1.00 bits per heavy atom. The molecule has 0 spiro atoms. The monoisotopic (exact) mass is 446 g/mol. The summed E-state index contributed by atoms with van der Waals surface area (Å²) >= 11 is 0. The lowest BCUT2D eigenvalue weighted by Crippen LogP contribution is -2.49. The van der Waals surface area contributed by atoms with E-state index < -0.39 is 0 Å². The van der Waals surface area contributed by atoms with Gasteiger partial charge in [0.1, 0.15) is 6.10 Å². The predicted molar refractivity (Wildman–Crippen MR) is 123 cm³/mol. The average Bonchev–Trinajstić information content (AvgIpc) is 3.45. The van der Waals surface area contributed by atoms with Crippen LogP contribution in [-0.2, 0) is 11.8 Å². The smallest absolute Gasteiger partial charge is 0.410 e. The summed E-state index contributed by atoms with van der Waals surface area (Å²) in [5.41, 5.74) is 4.56. The SMILES string of the molecule is Cc1ccc([C@@H](C)OC(=O)N2CCN(c3cnc4cc(-c5cnn(C)c5)cnn34)CC2)cn1. The average molecular weight is 447 g/mol. The second-order valence-electron chi connectivity index (χ2n) is 8.27. The Balaban J connectivity index is 1.22. The van der Waals surface area contributed by atoms with Crippen LogP contribution in [0.3, 0.4) is 0 Å². The summed E-state index contributed by atoms with van der Waals surface area (Å²) in [6, 6.07) is 5.86. The van der Waals surface area contributed by atoms with E-state index in [0.29, 0.717) is 26.2 Å². The number of carbonyl (C=O) groups is 1. The number of carbonyl (C=O) groups excluding carboxylic acids is 1. The zero-order valence-corrected chi connectivity index (χ0v) is 18.9. The Labute approximate surface area is 191 Å². The molecule has 1 saturated heterocycles. The van der Waals surface area contributed by atoms with Crippen molar-refractivity contribution in [1.82, 2.24) is 34.3 Å². The summed E-state index contributed by atoms with van der Waals surface area (Å²) in [4.78, 5) is 25.4. The molecule has 1 aliphatic rings. The van der Waals surface area contributed by atoms with Crippen molar-refractivity contribution >= 4 is 17.6 Å². The minimum atomic E-state index is -0.347. The van der Waals surface area contributed by atoms with Crippen LogP contribution in [0.5, 0.6) is 0 Å². The summed E-state index contributed by atoms with van der Waals surface area (Å²) in [5.74, 6) is 0.912. The Bertz CT molecular complexity index is 1270. The van der Waals surface area contributed by atoms with Crippen LogP contribution >= 0.6 is 0 Å². The molecule has 5 heterocycles. The number of hydrogen-bond donors (Lipinski definition) is 0. The molecule has 0 N–H and O–H groups in total. The van der Waals surface area contributed by atoms with Crippen molar-refractivity contribution in [2.45, 2.75) is 20.0 Å². The van der Waals surface area contributed by atoms with Crippen LogP contribution in [0.15, 0.2) is 49.2 Å². The van der Waals surface area contributed by atoms with Gasteiger partial charge in [0.15, 0.2) is 11.5 Å². The topological polar surface area (TPSA) is 93.7 Å². The summed E-state index contributed by atoms with van der Waals surface area (Å²) in [7, 11) is 1.89. The Morgan fingerprint density at radius 3 is 2.48 bits per heavy atom. The van der Waals surface area contributed by atoms with Gasteiger partial charge in [0, 0.05) is 68.0 Å². The minimum Gasteiger partial charge on any atom is -0.441 e. The third-order valence-electron chi connectivity index (χ3n) is 5.92. The molecule has 0 bridgehead atoms. The molecule has 10 nitrogen and oxygen atoms in total. The lowest BCUT2D eigenvalue weighted by molar-refractivity contribution is 0.0679. The van der Waals surface area contributed by atoms with Gasteiger partial charge in [-0.05, 0) is 26.0 Å². The van der Waals surface area contributed by atoms with Crippen LogP contribution < -0.4 is 4.90 Å². The molecule has 170 valence electrons. The Hall–Kier alpha value is -3.95. The highest BCUT2D eigenvalue weighted by Crippen LogP contribution is 2.23. The van der Waals surface area contributed by atoms with Crippen LogP contribution in [0, 0.1) is 6.92 Å². The van der Waals surface area contributed by atoms with Gasteiger partial charge in [-0.3, -0.25) is 9.67 Å². The molecule has 4 aromatic heterocycles. The molecule has 0 aromatic carbocycles. The molecule has 5 rings (SSSR count). The fraction of sp³-hybridized carbons (Fsp3) is 0.348. The first-order chi connectivity index (χ1) is 16.0. The van der Waals surface area contributed by atoms with Crippen molar-refractivity contribution in [3.8, 4) is 11.1 Å². The Morgan fingerprint density at radius 2 is 1.79 bits per heavy atom. The second-order valence-corrected chi connectivity index (χ2v) is 8.27. The third kappa shape index (κ3) is 4.23. The number of ether oxygens (including phenoxy) is 1. The van der Waals surface area contributed by atoms with Crippen molar-refractivity contribution in [3.05, 3.63) is 60.4 Å². The van der Waals surface area contributed by atoms with Gasteiger partial charge in [-0.1, -0.05) is 6.07 Å². The van der Waals surface area contributed by atoms with Crippen molar-refractivity contribution in [2.75, 3.05) is 31.1 Å². The predicted octanol–water partition coefficient (Wildman–Crippen LogP) is 2.85. The molecular weight excluding hydrogens is 420 g/mol. The number of nitrogens with zero attached hydrogens (tertiary/aromatic N) is 8. The van der Waals surface area contributed by atoms with Crippen LogP contribution in [0.2, 0.25) is 0 Å². The zero-order chi connectivity index (χ0) is 22.9. The fourth-order valence-electron chi connectivity index (χ4n) is 3.94. The first-order valence-electron chi connectivity index (χ1n) is 10.9. The number of piperazine rings is 1. The first-order valence-corrected chi connectivity index (χ1v) is 10.9. The van der Waals surface area contributed by atoms with Gasteiger partial charge < -0.3 is 14.5 Å². The summed E-state index contributed by atoms with van der Waals surface area (Å²) in [6.07, 6.45) is 8.51. The van der Waals surface area contributed by atoms with E-state index in [0.717, 1.165) is 33.8 Å². The molecule has 1 atom stereocenters. The standard InChI is InChI=1S/C23H26N8O2/c1-16-4-5-18(11-24-16)17(2)33-23(32)30-8-6-29(7-9-30)22-14-25-21-10-19(12-27-31(21)22)20-13-26-28(3)15-20/h4-5,10-15,17H,6-9H2,1-3H3/t17-/m1/s1. The van der Waals surface area contributed by atoms with E-state index in [-0.39, 0.29) is 12.2 Å². The van der Waals surface area contributed by atoms with E-state index in [1.54, 1.807) is 15.8 Å². The van der Waals surface area contributed by atoms with Gasteiger partial charge in [-0.15, -0.1) is 0 Å². The molecule has 0 saturated carbocycles. The van der Waals surface area contributed by atoms with Crippen molar-refractivity contribution in [2.24, 2.45) is 7.05 Å². The van der Waals surface area contributed by atoms with Crippen molar-refractivity contribution in [3.63, 3.8) is 0 Å². The fourth-order valence-corrected chi connectivity index (χ4v) is 3.94. The molecule has 0 radical (unpaired) electrons. The minimum absolute atomic E-state index is 0.305. The van der Waals surface area contributed by atoms with Crippen LogP contribution in [-0.4, -0.2) is 66.5 Å². The normalized spacial score (nSPS) is 15.1. The molecule has 0 unspecified atom stereocenters. The van der Waals surface area contributed by atoms with E-state index in [1.165, 1.54) is 0 Å². The Kier molecular flexibility index (Phi) is 5.41. The number of aryl methyl sites for hydroxylation is 2. The molecule has 10 heteroatoms. The van der Waals surface area contributed by atoms with E-state index in [2.05, 4.69) is 25.1 Å². The summed E-state index contributed by atoms with van der Waals surface area (Å²) in [5, 5.41) is 8.82. The number of fused-ring (bicyclic) bond motifs is 1. The quantitative estimate of drug-likeness (QED) is 0.476. The van der Waals surface area contributed by atoms with Crippen molar-refractivity contribution < 1.29 is 9.53 Å². The zero-order valence-electron chi connectivity index (χ0n) is 18.9. The maximum absolute atomic E-state index is 12.7. The molecule has 0 aliphatic carbocycles. The van der Waals surface area contributed by atoms with E-state index >= 15 is 0 Å². The number of aromatic nitrogens is 6. The van der Waals surface area contributed by atoms with Gasteiger partial charge in [0.25, 0.3) is 0 Å². The van der Waals surface area contributed by atoms with Crippen LogP contribution in [0.25, 0.3) is 16.8 Å². The van der Waals surface area contributed by atoms with Gasteiger partial charge >= 0.3 is 6.09 Å². The molecular formula is C23H26N8O2. The van der Waals surface area contributed by atoms with Crippen LogP contribution in [0.4, 0.5) is 10.6 Å². The molecule has 4 aromatic rings.